The van der Waals surface area contributed by atoms with Gasteiger partial charge in [-0.25, -0.2) is 4.98 Å². The van der Waals surface area contributed by atoms with Gasteiger partial charge in [-0.2, -0.15) is 4.39 Å². The van der Waals surface area contributed by atoms with E-state index in [1.54, 1.807) is 0 Å². The highest BCUT2D eigenvalue weighted by atomic mass is 19.1. The summed E-state index contributed by atoms with van der Waals surface area (Å²) in [6, 6.07) is 2.47. The number of carboxylic acids is 1. The molecule has 1 fully saturated rings. The molecular formula is C12H13FN2O3. The third kappa shape index (κ3) is 2.64. The maximum absolute atomic E-state index is 12.6. The SMILES string of the molecule is O=C(O)C1CCCN(C(=O)c2ccc(F)nc2)C1. The van der Waals surface area contributed by atoms with Crippen molar-refractivity contribution < 1.29 is 19.1 Å². The summed E-state index contributed by atoms with van der Waals surface area (Å²) in [4.78, 5) is 27.9. The molecule has 1 aromatic heterocycles. The molecule has 1 aromatic rings. The number of carbonyl (C=O) groups is 2. The van der Waals surface area contributed by atoms with Gasteiger partial charge in [0, 0.05) is 19.3 Å². The van der Waals surface area contributed by atoms with Gasteiger partial charge in [0.2, 0.25) is 5.95 Å². The van der Waals surface area contributed by atoms with Crippen LogP contribution >= 0.6 is 0 Å². The van der Waals surface area contributed by atoms with Crippen LogP contribution in [-0.2, 0) is 4.79 Å². The number of carbonyl (C=O) groups excluding carboxylic acids is 1. The second-order valence-electron chi connectivity index (χ2n) is 4.30. The number of amides is 1. The molecule has 0 aromatic carbocycles. The van der Waals surface area contributed by atoms with Gasteiger partial charge in [0.05, 0.1) is 11.5 Å². The van der Waals surface area contributed by atoms with Gasteiger partial charge in [-0.3, -0.25) is 9.59 Å². The van der Waals surface area contributed by atoms with Crippen LogP contribution in [-0.4, -0.2) is 40.0 Å². The van der Waals surface area contributed by atoms with Crippen LogP contribution in [0.15, 0.2) is 18.3 Å². The zero-order valence-corrected chi connectivity index (χ0v) is 9.67. The van der Waals surface area contributed by atoms with Crippen molar-refractivity contribution in [2.45, 2.75) is 12.8 Å². The molecule has 5 nitrogen and oxygen atoms in total. The van der Waals surface area contributed by atoms with E-state index in [2.05, 4.69) is 4.98 Å². The van der Waals surface area contributed by atoms with Gasteiger partial charge < -0.3 is 10.0 Å². The highest BCUT2D eigenvalue weighted by molar-refractivity contribution is 5.94. The average Bonchev–Trinajstić information content (AvgIpc) is 2.39. The number of aliphatic carboxylic acids is 1. The number of halogens is 1. The van der Waals surface area contributed by atoms with Crippen molar-refractivity contribution >= 4 is 11.9 Å². The Labute approximate surface area is 103 Å². The molecule has 1 amide bonds. The van der Waals surface area contributed by atoms with E-state index in [1.165, 1.54) is 17.2 Å². The lowest BCUT2D eigenvalue weighted by Crippen LogP contribution is -2.42. The third-order valence-corrected chi connectivity index (χ3v) is 3.03. The number of nitrogens with zero attached hydrogens (tertiary/aromatic N) is 2. The topological polar surface area (TPSA) is 70.5 Å². The van der Waals surface area contributed by atoms with Crippen LogP contribution in [0.2, 0.25) is 0 Å². The van der Waals surface area contributed by atoms with E-state index in [1.807, 2.05) is 0 Å². The Kier molecular flexibility index (Phi) is 3.55. The minimum Gasteiger partial charge on any atom is -0.481 e. The number of rotatable bonds is 2. The van der Waals surface area contributed by atoms with E-state index < -0.39 is 17.8 Å². The molecule has 1 aliphatic heterocycles. The molecule has 0 spiro atoms. The molecule has 2 heterocycles. The normalized spacial score (nSPS) is 19.6. The first-order valence-electron chi connectivity index (χ1n) is 5.71. The molecule has 18 heavy (non-hydrogen) atoms. The van der Waals surface area contributed by atoms with Crippen LogP contribution in [0.25, 0.3) is 0 Å². The van der Waals surface area contributed by atoms with E-state index >= 15 is 0 Å². The highest BCUT2D eigenvalue weighted by Crippen LogP contribution is 2.18. The zero-order chi connectivity index (χ0) is 13.1. The molecule has 1 saturated heterocycles. The molecule has 96 valence electrons. The Balaban J connectivity index is 2.09. The standard InChI is InChI=1S/C12H13FN2O3/c13-10-4-3-8(6-14-10)11(16)15-5-1-2-9(7-15)12(17)18/h3-4,6,9H,1-2,5,7H2,(H,17,18). The smallest absolute Gasteiger partial charge is 0.308 e. The van der Waals surface area contributed by atoms with Crippen LogP contribution in [0.5, 0.6) is 0 Å². The molecule has 0 saturated carbocycles. The molecule has 1 atom stereocenters. The largest absolute Gasteiger partial charge is 0.481 e. The Morgan fingerprint density at radius 3 is 2.83 bits per heavy atom. The van der Waals surface area contributed by atoms with Crippen molar-refractivity contribution in [3.63, 3.8) is 0 Å². The lowest BCUT2D eigenvalue weighted by molar-refractivity contribution is -0.143. The summed E-state index contributed by atoms with van der Waals surface area (Å²) in [6.45, 7) is 0.728. The van der Waals surface area contributed by atoms with E-state index in [9.17, 15) is 14.0 Å². The molecule has 6 heteroatoms. The van der Waals surface area contributed by atoms with Crippen LogP contribution in [0.1, 0.15) is 23.2 Å². The average molecular weight is 252 g/mol. The maximum Gasteiger partial charge on any atom is 0.308 e. The highest BCUT2D eigenvalue weighted by Gasteiger charge is 2.28. The number of hydrogen-bond acceptors (Lipinski definition) is 3. The zero-order valence-electron chi connectivity index (χ0n) is 9.67. The summed E-state index contributed by atoms with van der Waals surface area (Å²) in [5.74, 6) is -2.34. The lowest BCUT2D eigenvalue weighted by Gasteiger charge is -2.30. The van der Waals surface area contributed by atoms with Crippen molar-refractivity contribution in [2.24, 2.45) is 5.92 Å². The first-order valence-corrected chi connectivity index (χ1v) is 5.71. The predicted octanol–water partition coefficient (Wildman–Crippen LogP) is 1.16. The Morgan fingerprint density at radius 1 is 1.44 bits per heavy atom. The summed E-state index contributed by atoms with van der Waals surface area (Å²) in [5.41, 5.74) is 0.280. The quantitative estimate of drug-likeness (QED) is 0.802. The first kappa shape index (κ1) is 12.5. The van der Waals surface area contributed by atoms with Crippen LogP contribution in [0.3, 0.4) is 0 Å². The molecule has 1 aliphatic rings. The van der Waals surface area contributed by atoms with E-state index in [0.717, 1.165) is 6.07 Å². The Bertz CT molecular complexity index is 461. The number of carboxylic acid groups (broad SMARTS) is 1. The Morgan fingerprint density at radius 2 is 2.22 bits per heavy atom. The van der Waals surface area contributed by atoms with Crippen molar-refractivity contribution in [2.75, 3.05) is 13.1 Å². The Hall–Kier alpha value is -1.98. The second-order valence-corrected chi connectivity index (χ2v) is 4.30. The summed E-state index contributed by atoms with van der Waals surface area (Å²) >= 11 is 0. The van der Waals surface area contributed by atoms with Gasteiger partial charge in [0.1, 0.15) is 0 Å². The van der Waals surface area contributed by atoms with Crippen molar-refractivity contribution in [3.8, 4) is 0 Å². The predicted molar refractivity (Wildman–Crippen MR) is 60.5 cm³/mol. The van der Waals surface area contributed by atoms with Crippen molar-refractivity contribution in [1.82, 2.24) is 9.88 Å². The monoisotopic (exact) mass is 252 g/mol. The summed E-state index contributed by atoms with van der Waals surface area (Å²) in [7, 11) is 0. The minimum atomic E-state index is -0.885. The second kappa shape index (κ2) is 5.12. The molecule has 1 N–H and O–H groups in total. The first-order chi connectivity index (χ1) is 8.58. The molecule has 0 aliphatic carbocycles. The molecule has 0 radical (unpaired) electrons. The molecular weight excluding hydrogens is 239 g/mol. The van der Waals surface area contributed by atoms with E-state index in [4.69, 9.17) is 5.11 Å². The van der Waals surface area contributed by atoms with Crippen LogP contribution < -0.4 is 0 Å². The maximum atomic E-state index is 12.6. The van der Waals surface area contributed by atoms with Crippen LogP contribution in [0, 0.1) is 11.9 Å². The fourth-order valence-electron chi connectivity index (χ4n) is 2.05. The summed E-state index contributed by atoms with van der Waals surface area (Å²) < 4.78 is 12.6. The third-order valence-electron chi connectivity index (χ3n) is 3.03. The van der Waals surface area contributed by atoms with E-state index in [-0.39, 0.29) is 18.0 Å². The van der Waals surface area contributed by atoms with Gasteiger partial charge in [-0.05, 0) is 25.0 Å². The van der Waals surface area contributed by atoms with E-state index in [0.29, 0.717) is 19.4 Å². The van der Waals surface area contributed by atoms with Crippen molar-refractivity contribution in [1.29, 1.82) is 0 Å². The minimum absolute atomic E-state index is 0.200. The molecule has 1 unspecified atom stereocenters. The van der Waals surface area contributed by atoms with Gasteiger partial charge in [-0.15, -0.1) is 0 Å². The summed E-state index contributed by atoms with van der Waals surface area (Å²) in [6.07, 6.45) is 2.42. The molecule has 2 rings (SSSR count). The number of aromatic nitrogens is 1. The fraction of sp³-hybridized carbons (Fsp3) is 0.417. The van der Waals surface area contributed by atoms with Gasteiger partial charge in [0.15, 0.2) is 0 Å². The number of hydrogen-bond donors (Lipinski definition) is 1. The van der Waals surface area contributed by atoms with Gasteiger partial charge >= 0.3 is 5.97 Å². The number of pyridine rings is 1. The number of likely N-dealkylation sites (tertiary alicyclic amines) is 1. The number of piperidine rings is 1. The molecule has 0 bridgehead atoms. The van der Waals surface area contributed by atoms with Crippen LogP contribution in [0.4, 0.5) is 4.39 Å². The van der Waals surface area contributed by atoms with Gasteiger partial charge in [-0.1, -0.05) is 0 Å². The summed E-state index contributed by atoms with van der Waals surface area (Å²) in [5, 5.41) is 8.94. The lowest BCUT2D eigenvalue weighted by atomic mass is 9.98. The van der Waals surface area contributed by atoms with Crippen molar-refractivity contribution in [3.05, 3.63) is 29.8 Å². The fourth-order valence-corrected chi connectivity index (χ4v) is 2.05. The van der Waals surface area contributed by atoms with Gasteiger partial charge in [0.25, 0.3) is 5.91 Å².